The highest BCUT2D eigenvalue weighted by Gasteiger charge is 2.21. The number of aromatic carboxylic acids is 1. The maximum atomic E-state index is 11.7. The van der Waals surface area contributed by atoms with Gasteiger partial charge in [-0.05, 0) is 67.3 Å². The van der Waals surface area contributed by atoms with Gasteiger partial charge in [0.15, 0.2) is 0 Å². The van der Waals surface area contributed by atoms with E-state index in [1.54, 1.807) is 32.4 Å². The Kier molecular flexibility index (Phi) is 14.5. The highest BCUT2D eigenvalue weighted by molar-refractivity contribution is 5.92. The number of carboxylic acid groups (broad SMARTS) is 1. The Morgan fingerprint density at radius 1 is 1.03 bits per heavy atom. The van der Waals surface area contributed by atoms with Crippen molar-refractivity contribution < 1.29 is 38.7 Å². The third-order valence-electron chi connectivity index (χ3n) is 6.35. The van der Waals surface area contributed by atoms with Crippen molar-refractivity contribution in [1.29, 1.82) is 0 Å². The summed E-state index contributed by atoms with van der Waals surface area (Å²) in [6.07, 6.45) is 6.35. The molecule has 0 fully saturated rings. The number of hydrogen-bond donors (Lipinski definition) is 2. The number of aliphatic hydroxyl groups excluding tert-OH is 1. The van der Waals surface area contributed by atoms with Crippen LogP contribution in [-0.2, 0) is 27.2 Å². The van der Waals surface area contributed by atoms with Crippen LogP contribution in [0.5, 0.6) is 11.5 Å². The van der Waals surface area contributed by atoms with Gasteiger partial charge in [-0.2, -0.15) is 0 Å². The molecule has 2 rings (SSSR count). The molecule has 210 valence electrons. The summed E-state index contributed by atoms with van der Waals surface area (Å²) in [5.41, 5.74) is 1.95. The van der Waals surface area contributed by atoms with Gasteiger partial charge in [-0.3, -0.25) is 0 Å². The van der Waals surface area contributed by atoms with Crippen molar-refractivity contribution in [3.63, 3.8) is 0 Å². The summed E-state index contributed by atoms with van der Waals surface area (Å²) < 4.78 is 27.1. The van der Waals surface area contributed by atoms with Gasteiger partial charge >= 0.3 is 5.97 Å². The van der Waals surface area contributed by atoms with Crippen LogP contribution in [0.15, 0.2) is 54.6 Å². The molecule has 0 saturated carbocycles. The second kappa shape index (κ2) is 17.6. The fourth-order valence-corrected chi connectivity index (χ4v) is 4.17. The average molecular weight is 531 g/mol. The molecule has 0 aliphatic heterocycles. The van der Waals surface area contributed by atoms with Crippen LogP contribution in [0, 0.1) is 5.92 Å². The van der Waals surface area contributed by atoms with Crippen LogP contribution in [0.3, 0.4) is 0 Å². The minimum absolute atomic E-state index is 0.131. The molecule has 0 spiro atoms. The van der Waals surface area contributed by atoms with Crippen molar-refractivity contribution >= 4 is 5.97 Å². The largest absolute Gasteiger partial charge is 0.497 e. The van der Waals surface area contributed by atoms with Crippen LogP contribution < -0.4 is 9.47 Å². The standard InChI is InChI=1S/C30H42O8/c1-22(9-5-6-10-24-11-7-13-27(36-4)29(24)30(32)33)28(38-21-34-2)19-25(31)12-8-18-37-20-23-14-16-26(35-3)17-15-23/h5-7,11,13-17,22,25,28,31H,8-10,12,18-21H2,1-4H3,(H,32,33)/b6-5+/t22-,25+,28+/m0/s1. The summed E-state index contributed by atoms with van der Waals surface area (Å²) >= 11 is 0. The zero-order valence-electron chi connectivity index (χ0n) is 22.9. The number of hydrogen-bond acceptors (Lipinski definition) is 7. The first kappa shape index (κ1) is 31.3. The van der Waals surface area contributed by atoms with Crippen LogP contribution in [0.2, 0.25) is 0 Å². The van der Waals surface area contributed by atoms with Gasteiger partial charge in [0.1, 0.15) is 23.9 Å². The van der Waals surface area contributed by atoms with E-state index in [0.717, 1.165) is 24.2 Å². The minimum atomic E-state index is -1.01. The molecule has 8 nitrogen and oxygen atoms in total. The van der Waals surface area contributed by atoms with Crippen LogP contribution in [0.1, 0.15) is 54.1 Å². The fraction of sp³-hybridized carbons (Fsp3) is 0.500. The molecule has 0 aromatic heterocycles. The zero-order chi connectivity index (χ0) is 27.8. The molecule has 2 aromatic rings. The fourth-order valence-electron chi connectivity index (χ4n) is 4.17. The van der Waals surface area contributed by atoms with Gasteiger partial charge in [0.25, 0.3) is 0 Å². The van der Waals surface area contributed by atoms with Crippen LogP contribution in [0.25, 0.3) is 0 Å². The third-order valence-corrected chi connectivity index (χ3v) is 6.35. The van der Waals surface area contributed by atoms with E-state index in [2.05, 4.69) is 6.92 Å². The van der Waals surface area contributed by atoms with Gasteiger partial charge < -0.3 is 33.9 Å². The van der Waals surface area contributed by atoms with Gasteiger partial charge in [0.05, 0.1) is 33.0 Å². The van der Waals surface area contributed by atoms with E-state index in [4.69, 9.17) is 23.7 Å². The summed E-state index contributed by atoms with van der Waals surface area (Å²) in [5, 5.41) is 20.2. The highest BCUT2D eigenvalue weighted by Crippen LogP contribution is 2.24. The Bertz CT molecular complexity index is 973. The SMILES string of the molecule is COCO[C@H](C[C@H](O)CCCOCc1ccc(OC)cc1)[C@@H](C)C/C=C/Cc1cccc(OC)c1C(=O)O. The monoisotopic (exact) mass is 530 g/mol. The summed E-state index contributed by atoms with van der Waals surface area (Å²) in [4.78, 5) is 11.7. The minimum Gasteiger partial charge on any atom is -0.497 e. The average Bonchev–Trinajstić information content (AvgIpc) is 2.92. The summed E-state index contributed by atoms with van der Waals surface area (Å²) in [6.45, 7) is 3.31. The molecule has 2 N–H and O–H groups in total. The van der Waals surface area contributed by atoms with Gasteiger partial charge in [-0.15, -0.1) is 0 Å². The second-order valence-electron chi connectivity index (χ2n) is 9.23. The lowest BCUT2D eigenvalue weighted by atomic mass is 9.94. The molecular weight excluding hydrogens is 488 g/mol. The Morgan fingerprint density at radius 2 is 1.79 bits per heavy atom. The lowest BCUT2D eigenvalue weighted by Gasteiger charge is -2.25. The number of benzene rings is 2. The van der Waals surface area contributed by atoms with Crippen LogP contribution in [0.4, 0.5) is 0 Å². The Labute approximate surface area is 226 Å². The molecule has 2 aromatic carbocycles. The molecule has 8 heteroatoms. The molecule has 0 unspecified atom stereocenters. The van der Waals surface area contributed by atoms with E-state index in [1.807, 2.05) is 36.4 Å². The smallest absolute Gasteiger partial charge is 0.339 e. The first-order valence-corrected chi connectivity index (χ1v) is 12.9. The number of rotatable bonds is 19. The van der Waals surface area contributed by atoms with Crippen molar-refractivity contribution in [3.8, 4) is 11.5 Å². The molecular formula is C30H42O8. The van der Waals surface area contributed by atoms with Crippen LogP contribution >= 0.6 is 0 Å². The molecule has 0 bridgehead atoms. The lowest BCUT2D eigenvalue weighted by molar-refractivity contribution is -0.102. The Morgan fingerprint density at radius 3 is 2.45 bits per heavy atom. The van der Waals surface area contributed by atoms with Crippen molar-refractivity contribution in [2.24, 2.45) is 5.92 Å². The van der Waals surface area contributed by atoms with E-state index < -0.39 is 12.1 Å². The molecule has 0 heterocycles. The number of ether oxygens (including phenoxy) is 5. The zero-order valence-corrected chi connectivity index (χ0v) is 22.9. The number of aliphatic hydroxyl groups is 1. The van der Waals surface area contributed by atoms with E-state index in [-0.39, 0.29) is 24.4 Å². The van der Waals surface area contributed by atoms with Crippen LogP contribution in [-0.4, -0.2) is 63.1 Å². The molecule has 0 radical (unpaired) electrons. The first-order valence-electron chi connectivity index (χ1n) is 12.9. The Hall–Kier alpha value is -2.91. The maximum Gasteiger partial charge on any atom is 0.339 e. The van der Waals surface area contributed by atoms with Gasteiger partial charge in [0, 0.05) is 13.7 Å². The molecule has 38 heavy (non-hydrogen) atoms. The summed E-state index contributed by atoms with van der Waals surface area (Å²) in [7, 11) is 4.68. The predicted octanol–water partition coefficient (Wildman–Crippen LogP) is 5.26. The van der Waals surface area contributed by atoms with Gasteiger partial charge in [-0.1, -0.05) is 43.3 Å². The van der Waals surface area contributed by atoms with Crippen molar-refractivity contribution in [2.75, 3.05) is 34.7 Å². The maximum absolute atomic E-state index is 11.7. The topological polar surface area (TPSA) is 104 Å². The molecule has 0 amide bonds. The first-order chi connectivity index (χ1) is 18.4. The summed E-state index contributed by atoms with van der Waals surface area (Å²) in [6, 6.07) is 13.0. The van der Waals surface area contributed by atoms with Crippen molar-refractivity contribution in [3.05, 3.63) is 71.3 Å². The van der Waals surface area contributed by atoms with Crippen molar-refractivity contribution in [1.82, 2.24) is 0 Å². The van der Waals surface area contributed by atoms with E-state index in [1.165, 1.54) is 7.11 Å². The molecule has 0 aliphatic rings. The van der Waals surface area contributed by atoms with E-state index >= 15 is 0 Å². The summed E-state index contributed by atoms with van der Waals surface area (Å²) in [5.74, 6) is 0.292. The number of carbonyl (C=O) groups is 1. The third kappa shape index (κ3) is 10.8. The number of methoxy groups -OCH3 is 3. The highest BCUT2D eigenvalue weighted by atomic mass is 16.7. The molecule has 0 aliphatic carbocycles. The number of carboxylic acids is 1. The predicted molar refractivity (Wildman–Crippen MR) is 146 cm³/mol. The van der Waals surface area contributed by atoms with Gasteiger partial charge in [-0.25, -0.2) is 4.79 Å². The lowest BCUT2D eigenvalue weighted by Crippen LogP contribution is -2.28. The quantitative estimate of drug-likeness (QED) is 0.144. The van der Waals surface area contributed by atoms with E-state index in [0.29, 0.717) is 43.8 Å². The molecule has 0 saturated heterocycles. The Balaban J connectivity index is 1.79. The second-order valence-corrected chi connectivity index (χ2v) is 9.23. The van der Waals surface area contributed by atoms with E-state index in [9.17, 15) is 15.0 Å². The normalized spacial score (nSPS) is 13.8. The van der Waals surface area contributed by atoms with Crippen molar-refractivity contribution in [2.45, 2.75) is 57.8 Å². The number of allylic oxidation sites excluding steroid dienone is 2. The molecule has 3 atom stereocenters. The van der Waals surface area contributed by atoms with Gasteiger partial charge in [0.2, 0.25) is 0 Å².